The maximum Gasteiger partial charge on any atom is 0.350 e. The van der Waals surface area contributed by atoms with Crippen LogP contribution in [0.2, 0.25) is 5.02 Å². The van der Waals surface area contributed by atoms with E-state index in [9.17, 15) is 22.8 Å². The zero-order valence-corrected chi connectivity index (χ0v) is 16.1. The lowest BCUT2D eigenvalue weighted by molar-refractivity contribution is -0.119. The Labute approximate surface area is 163 Å². The van der Waals surface area contributed by atoms with E-state index in [-0.39, 0.29) is 21.2 Å². The van der Waals surface area contributed by atoms with E-state index in [4.69, 9.17) is 21.5 Å². The molecule has 0 radical (unpaired) electrons. The first-order chi connectivity index (χ1) is 12.6. The Kier molecular flexibility index (Phi) is 6.54. The molecule has 0 aliphatic heterocycles. The number of amides is 1. The summed E-state index contributed by atoms with van der Waals surface area (Å²) in [7, 11) is -2.93. The summed E-state index contributed by atoms with van der Waals surface area (Å²) >= 11 is 6.81. The molecule has 0 fully saturated rings. The van der Waals surface area contributed by atoms with Crippen LogP contribution in [-0.4, -0.2) is 40.0 Å². The molecule has 2 rings (SSSR count). The van der Waals surface area contributed by atoms with Gasteiger partial charge in [0.2, 0.25) is 10.0 Å². The number of ether oxygens (including phenoxy) is 2. The van der Waals surface area contributed by atoms with Crippen molar-refractivity contribution in [2.24, 2.45) is 5.14 Å². The van der Waals surface area contributed by atoms with Crippen LogP contribution in [0.1, 0.15) is 20.0 Å². The highest BCUT2D eigenvalue weighted by Crippen LogP contribution is 2.23. The topological polar surface area (TPSA) is 142 Å². The van der Waals surface area contributed by atoms with Crippen LogP contribution >= 0.6 is 22.9 Å². The number of sulfonamides is 1. The number of primary sulfonamides is 1. The van der Waals surface area contributed by atoms with Crippen LogP contribution in [0.4, 0.5) is 5.69 Å². The van der Waals surface area contributed by atoms with Gasteiger partial charge in [-0.3, -0.25) is 4.79 Å². The van der Waals surface area contributed by atoms with Gasteiger partial charge in [-0.15, -0.1) is 11.3 Å². The van der Waals surface area contributed by atoms with Gasteiger partial charge in [0.05, 0.1) is 23.4 Å². The summed E-state index contributed by atoms with van der Waals surface area (Å²) in [4.78, 5) is 35.2. The van der Waals surface area contributed by atoms with E-state index in [1.54, 1.807) is 5.38 Å². The Balaban J connectivity index is 2.03. The van der Waals surface area contributed by atoms with Gasteiger partial charge >= 0.3 is 11.9 Å². The maximum atomic E-state index is 12.0. The van der Waals surface area contributed by atoms with Crippen molar-refractivity contribution in [3.63, 3.8) is 0 Å². The number of rotatable bonds is 6. The van der Waals surface area contributed by atoms with Crippen molar-refractivity contribution in [1.29, 1.82) is 0 Å². The number of carbonyl (C=O) groups excluding carboxylic acids is 3. The van der Waals surface area contributed by atoms with Crippen LogP contribution in [0.25, 0.3) is 0 Å². The van der Waals surface area contributed by atoms with Crippen LogP contribution in [-0.2, 0) is 24.3 Å². The highest BCUT2D eigenvalue weighted by atomic mass is 35.5. The zero-order chi connectivity index (χ0) is 20.2. The molecular weight excluding hydrogens is 420 g/mol. The van der Waals surface area contributed by atoms with Gasteiger partial charge < -0.3 is 14.8 Å². The molecule has 0 spiro atoms. The Morgan fingerprint density at radius 3 is 2.56 bits per heavy atom. The summed E-state index contributed by atoms with van der Waals surface area (Å²) < 4.78 is 32.3. The number of hydrogen-bond acceptors (Lipinski definition) is 8. The molecular formula is C15H13ClN2O7S2. The van der Waals surface area contributed by atoms with Gasteiger partial charge in [0, 0.05) is 0 Å². The number of halogens is 1. The van der Waals surface area contributed by atoms with E-state index < -0.39 is 39.4 Å². The fourth-order valence-electron chi connectivity index (χ4n) is 1.91. The molecule has 12 heteroatoms. The number of thiophene rings is 1. The van der Waals surface area contributed by atoms with Crippen molar-refractivity contribution >= 4 is 56.5 Å². The summed E-state index contributed by atoms with van der Waals surface area (Å²) in [6.45, 7) is -0.664. The van der Waals surface area contributed by atoms with E-state index in [1.165, 1.54) is 25.3 Å². The lowest BCUT2D eigenvalue weighted by Gasteiger charge is -2.08. The number of nitrogens with one attached hydrogen (secondary N) is 1. The second-order valence-electron chi connectivity index (χ2n) is 4.97. The Morgan fingerprint density at radius 2 is 1.93 bits per heavy atom. The first-order valence-corrected chi connectivity index (χ1v) is 9.89. The van der Waals surface area contributed by atoms with Crippen LogP contribution in [0, 0.1) is 0 Å². The lowest BCUT2D eigenvalue weighted by atomic mass is 10.2. The molecule has 1 amide bonds. The smallest absolute Gasteiger partial charge is 0.350 e. The number of carbonyl (C=O) groups is 3. The minimum atomic E-state index is -4.13. The quantitative estimate of drug-likeness (QED) is 0.660. The highest BCUT2D eigenvalue weighted by molar-refractivity contribution is 7.89. The molecule has 1 aromatic heterocycles. The average Bonchev–Trinajstić information content (AvgIpc) is 3.06. The van der Waals surface area contributed by atoms with Gasteiger partial charge in [-0.2, -0.15) is 0 Å². The van der Waals surface area contributed by atoms with Crippen LogP contribution in [0.3, 0.4) is 0 Å². The Bertz CT molecular complexity index is 1000. The molecule has 0 bridgehead atoms. The molecule has 3 N–H and O–H groups in total. The van der Waals surface area contributed by atoms with E-state index >= 15 is 0 Å². The van der Waals surface area contributed by atoms with Crippen LogP contribution < -0.4 is 10.5 Å². The second kappa shape index (κ2) is 8.48. The predicted molar refractivity (Wildman–Crippen MR) is 97.4 cm³/mol. The number of esters is 2. The number of anilines is 1. The minimum Gasteiger partial charge on any atom is -0.465 e. The molecule has 144 valence electrons. The van der Waals surface area contributed by atoms with Crippen LogP contribution in [0.15, 0.2) is 34.5 Å². The molecule has 0 unspecified atom stereocenters. The molecule has 0 aliphatic carbocycles. The van der Waals surface area contributed by atoms with Gasteiger partial charge in [0.1, 0.15) is 9.77 Å². The third-order valence-corrected chi connectivity index (χ3v) is 5.40. The summed E-state index contributed by atoms with van der Waals surface area (Å²) in [5, 5.41) is 8.85. The van der Waals surface area contributed by atoms with Gasteiger partial charge in [0.15, 0.2) is 6.61 Å². The molecule has 9 nitrogen and oxygen atoms in total. The molecule has 27 heavy (non-hydrogen) atoms. The van der Waals surface area contributed by atoms with Gasteiger partial charge in [0.25, 0.3) is 5.91 Å². The number of nitrogens with two attached hydrogens (primary N) is 1. The van der Waals surface area contributed by atoms with Crippen molar-refractivity contribution in [3.05, 3.63) is 45.1 Å². The summed E-state index contributed by atoms with van der Waals surface area (Å²) in [6.07, 6.45) is 0. The number of benzene rings is 1. The highest BCUT2D eigenvalue weighted by Gasteiger charge is 2.19. The van der Waals surface area contributed by atoms with Crippen molar-refractivity contribution in [1.82, 2.24) is 0 Å². The van der Waals surface area contributed by atoms with Gasteiger partial charge in [-0.25, -0.2) is 23.1 Å². The van der Waals surface area contributed by atoms with Crippen molar-refractivity contribution in [3.8, 4) is 0 Å². The molecule has 0 saturated heterocycles. The fourth-order valence-corrected chi connectivity index (χ4v) is 3.74. The van der Waals surface area contributed by atoms with E-state index in [0.717, 1.165) is 17.4 Å². The first-order valence-electron chi connectivity index (χ1n) is 7.08. The van der Waals surface area contributed by atoms with Crippen molar-refractivity contribution < 1.29 is 32.3 Å². The third-order valence-electron chi connectivity index (χ3n) is 3.12. The predicted octanol–water partition coefficient (Wildman–Crippen LogP) is 1.63. The van der Waals surface area contributed by atoms with Crippen molar-refractivity contribution in [2.75, 3.05) is 19.0 Å². The summed E-state index contributed by atoms with van der Waals surface area (Å²) in [5.41, 5.74) is 0.0675. The van der Waals surface area contributed by atoms with E-state index in [0.29, 0.717) is 0 Å². The molecule has 1 heterocycles. The average molecular weight is 433 g/mol. The van der Waals surface area contributed by atoms with Crippen molar-refractivity contribution in [2.45, 2.75) is 4.90 Å². The zero-order valence-electron chi connectivity index (χ0n) is 13.7. The standard InChI is InChI=1S/C15H13ClN2O7S2/c1-24-15(21)13-10(4-5-26-13)18-12(19)7-25-14(20)8-2-3-9(16)11(6-8)27(17,22)23/h2-6H,7H2,1H3,(H,18,19)(H2,17,22,23). The third kappa shape index (κ3) is 5.26. The molecule has 1 aromatic carbocycles. The molecule has 2 aromatic rings. The molecule has 0 saturated carbocycles. The molecule has 0 atom stereocenters. The minimum absolute atomic E-state index is 0.151. The maximum absolute atomic E-state index is 12.0. The first kappa shape index (κ1) is 20.8. The monoisotopic (exact) mass is 432 g/mol. The van der Waals surface area contributed by atoms with E-state index in [1.807, 2.05) is 0 Å². The van der Waals surface area contributed by atoms with E-state index in [2.05, 4.69) is 10.1 Å². The van der Waals surface area contributed by atoms with Gasteiger partial charge in [-0.05, 0) is 29.6 Å². The second-order valence-corrected chi connectivity index (χ2v) is 7.82. The largest absolute Gasteiger partial charge is 0.465 e. The number of methoxy groups -OCH3 is 1. The van der Waals surface area contributed by atoms with Crippen LogP contribution in [0.5, 0.6) is 0 Å². The molecule has 0 aliphatic rings. The Hall–Kier alpha value is -2.47. The lowest BCUT2D eigenvalue weighted by Crippen LogP contribution is -2.22. The number of hydrogen-bond donors (Lipinski definition) is 2. The van der Waals surface area contributed by atoms with Gasteiger partial charge in [-0.1, -0.05) is 11.6 Å². The fraction of sp³-hybridized carbons (Fsp3) is 0.133. The summed E-state index contributed by atoms with van der Waals surface area (Å²) in [5.74, 6) is -2.27. The Morgan fingerprint density at radius 1 is 1.22 bits per heavy atom. The normalized spacial score (nSPS) is 10.9. The summed E-state index contributed by atoms with van der Waals surface area (Å²) in [6, 6.07) is 4.85. The SMILES string of the molecule is COC(=O)c1sccc1NC(=O)COC(=O)c1ccc(Cl)c(S(N)(=O)=O)c1.